The highest BCUT2D eigenvalue weighted by Crippen LogP contribution is 2.13. The molecule has 7 nitrogen and oxygen atoms in total. The van der Waals surface area contributed by atoms with Gasteiger partial charge in [-0.15, -0.1) is 5.10 Å². The molecule has 1 aromatic heterocycles. The number of nitrogens with two attached hydrogens (primary N) is 1. The molecule has 0 radical (unpaired) electrons. The molecule has 0 saturated carbocycles. The van der Waals surface area contributed by atoms with E-state index in [9.17, 15) is 4.79 Å². The van der Waals surface area contributed by atoms with Crippen LogP contribution in [-0.4, -0.2) is 39.2 Å². The molecule has 0 spiro atoms. The van der Waals surface area contributed by atoms with Crippen molar-refractivity contribution in [3.63, 3.8) is 0 Å². The Hall–Kier alpha value is -2.57. The Morgan fingerprint density at radius 1 is 1.38 bits per heavy atom. The summed E-state index contributed by atoms with van der Waals surface area (Å²) in [6, 6.07) is 7.69. The number of amides is 1. The molecule has 0 aliphatic carbocycles. The molecule has 2 aromatic rings. The van der Waals surface area contributed by atoms with Crippen molar-refractivity contribution in [2.75, 3.05) is 19.4 Å². The number of hydrogen-bond acceptors (Lipinski definition) is 5. The smallest absolute Gasteiger partial charge is 0.244 e. The first-order valence-electron chi connectivity index (χ1n) is 6.69. The van der Waals surface area contributed by atoms with Gasteiger partial charge in [0, 0.05) is 13.6 Å². The average molecular weight is 289 g/mol. The molecule has 2 N–H and O–H groups in total. The number of nitrogen functional groups attached to an aromatic ring is 1. The van der Waals surface area contributed by atoms with Gasteiger partial charge in [0.25, 0.3) is 0 Å². The Balaban J connectivity index is 1.90. The summed E-state index contributed by atoms with van der Waals surface area (Å²) < 4.78 is 6.81. The maximum atomic E-state index is 12.1. The van der Waals surface area contributed by atoms with Crippen molar-refractivity contribution in [1.29, 1.82) is 0 Å². The van der Waals surface area contributed by atoms with E-state index in [-0.39, 0.29) is 18.4 Å². The van der Waals surface area contributed by atoms with Crippen LogP contribution in [0, 0.1) is 0 Å². The fraction of sp³-hybridized carbons (Fsp3) is 0.357. The minimum absolute atomic E-state index is 0.0613. The molecule has 7 heteroatoms. The van der Waals surface area contributed by atoms with Crippen LogP contribution < -0.4 is 10.5 Å². The second kappa shape index (κ2) is 6.74. The third-order valence-electron chi connectivity index (χ3n) is 2.93. The van der Waals surface area contributed by atoms with Gasteiger partial charge < -0.3 is 15.4 Å². The molecular formula is C14H19N5O2. The molecule has 0 bridgehead atoms. The van der Waals surface area contributed by atoms with Crippen LogP contribution in [0.1, 0.15) is 12.5 Å². The van der Waals surface area contributed by atoms with Gasteiger partial charge in [-0.05, 0) is 24.6 Å². The van der Waals surface area contributed by atoms with Crippen LogP contribution >= 0.6 is 0 Å². The van der Waals surface area contributed by atoms with E-state index in [1.165, 1.54) is 11.0 Å². The number of carbonyl (C=O) groups excluding carboxylic acids is 1. The SMILES string of the molecule is CCOc1ccc(CN(C)C(=O)Cn2cnc(N)n2)cc1. The largest absolute Gasteiger partial charge is 0.494 e. The van der Waals surface area contributed by atoms with Gasteiger partial charge in [0.1, 0.15) is 18.6 Å². The zero-order valence-corrected chi connectivity index (χ0v) is 12.2. The molecule has 0 aliphatic heterocycles. The minimum atomic E-state index is -0.0613. The quantitative estimate of drug-likeness (QED) is 0.854. The first-order valence-corrected chi connectivity index (χ1v) is 6.69. The summed E-state index contributed by atoms with van der Waals surface area (Å²) in [5, 5.41) is 3.89. The highest BCUT2D eigenvalue weighted by atomic mass is 16.5. The second-order valence-electron chi connectivity index (χ2n) is 4.63. The van der Waals surface area contributed by atoms with Crippen molar-refractivity contribution in [2.24, 2.45) is 0 Å². The van der Waals surface area contributed by atoms with Crippen molar-refractivity contribution < 1.29 is 9.53 Å². The lowest BCUT2D eigenvalue weighted by Gasteiger charge is -2.17. The number of aromatic nitrogens is 3. The van der Waals surface area contributed by atoms with Gasteiger partial charge in [0.15, 0.2) is 0 Å². The number of anilines is 1. The Bertz CT molecular complexity index is 594. The van der Waals surface area contributed by atoms with Crippen LogP contribution in [-0.2, 0) is 17.9 Å². The van der Waals surface area contributed by atoms with E-state index in [0.29, 0.717) is 13.2 Å². The maximum absolute atomic E-state index is 12.1. The number of nitrogens with zero attached hydrogens (tertiary/aromatic N) is 4. The van der Waals surface area contributed by atoms with Crippen molar-refractivity contribution >= 4 is 11.9 Å². The topological polar surface area (TPSA) is 86.3 Å². The van der Waals surface area contributed by atoms with Crippen molar-refractivity contribution in [2.45, 2.75) is 20.0 Å². The number of carbonyl (C=O) groups is 1. The Labute approximate surface area is 123 Å². The maximum Gasteiger partial charge on any atom is 0.244 e. The van der Waals surface area contributed by atoms with Gasteiger partial charge in [-0.3, -0.25) is 4.79 Å². The number of likely N-dealkylation sites (N-methyl/N-ethyl adjacent to an activating group) is 1. The number of ether oxygens (including phenoxy) is 1. The van der Waals surface area contributed by atoms with Crippen LogP contribution in [0.4, 0.5) is 5.95 Å². The third-order valence-corrected chi connectivity index (χ3v) is 2.93. The number of benzene rings is 1. The molecule has 1 amide bonds. The number of rotatable bonds is 6. The van der Waals surface area contributed by atoms with Crippen molar-refractivity contribution in [3.8, 4) is 5.75 Å². The summed E-state index contributed by atoms with van der Waals surface area (Å²) in [4.78, 5) is 17.5. The lowest BCUT2D eigenvalue weighted by atomic mass is 10.2. The van der Waals surface area contributed by atoms with Gasteiger partial charge in [-0.1, -0.05) is 12.1 Å². The second-order valence-corrected chi connectivity index (χ2v) is 4.63. The summed E-state index contributed by atoms with van der Waals surface area (Å²) >= 11 is 0. The fourth-order valence-corrected chi connectivity index (χ4v) is 1.86. The van der Waals surface area contributed by atoms with Crippen molar-refractivity contribution in [1.82, 2.24) is 19.7 Å². The van der Waals surface area contributed by atoms with Crippen LogP contribution in [0.2, 0.25) is 0 Å². The van der Waals surface area contributed by atoms with Crippen molar-refractivity contribution in [3.05, 3.63) is 36.2 Å². The summed E-state index contributed by atoms with van der Waals surface area (Å²) in [7, 11) is 1.75. The zero-order valence-electron chi connectivity index (χ0n) is 12.2. The molecule has 1 aromatic carbocycles. The highest BCUT2D eigenvalue weighted by Gasteiger charge is 2.11. The Kier molecular flexibility index (Phi) is 4.76. The minimum Gasteiger partial charge on any atom is -0.494 e. The fourth-order valence-electron chi connectivity index (χ4n) is 1.86. The zero-order chi connectivity index (χ0) is 15.2. The van der Waals surface area contributed by atoms with Gasteiger partial charge in [-0.2, -0.15) is 0 Å². The van der Waals surface area contributed by atoms with E-state index in [4.69, 9.17) is 10.5 Å². The first kappa shape index (κ1) is 14.8. The van der Waals surface area contributed by atoms with E-state index in [1.807, 2.05) is 31.2 Å². The van der Waals surface area contributed by atoms with Crippen LogP contribution in [0.5, 0.6) is 5.75 Å². The monoisotopic (exact) mass is 289 g/mol. The molecule has 2 rings (SSSR count). The summed E-state index contributed by atoms with van der Waals surface area (Å²) in [5.74, 6) is 0.930. The third kappa shape index (κ3) is 4.20. The van der Waals surface area contributed by atoms with Crippen LogP contribution in [0.25, 0.3) is 0 Å². The van der Waals surface area contributed by atoms with E-state index in [0.717, 1.165) is 11.3 Å². The summed E-state index contributed by atoms with van der Waals surface area (Å²) in [5.41, 5.74) is 6.45. The van der Waals surface area contributed by atoms with Gasteiger partial charge in [0.2, 0.25) is 11.9 Å². The highest BCUT2D eigenvalue weighted by molar-refractivity contribution is 5.75. The molecule has 21 heavy (non-hydrogen) atoms. The standard InChI is InChI=1S/C14H19N5O2/c1-3-21-12-6-4-11(5-7-12)8-18(2)13(20)9-19-10-16-14(15)17-19/h4-7,10H,3,8-9H2,1-2H3,(H2,15,17). The lowest BCUT2D eigenvalue weighted by molar-refractivity contribution is -0.131. The number of hydrogen-bond donors (Lipinski definition) is 1. The molecule has 112 valence electrons. The van der Waals surface area contributed by atoms with Gasteiger partial charge in [-0.25, -0.2) is 9.67 Å². The molecule has 0 atom stereocenters. The van der Waals surface area contributed by atoms with E-state index in [2.05, 4.69) is 10.1 Å². The van der Waals surface area contributed by atoms with Crippen LogP contribution in [0.3, 0.4) is 0 Å². The molecule has 0 unspecified atom stereocenters. The van der Waals surface area contributed by atoms with Gasteiger partial charge >= 0.3 is 0 Å². The molecule has 0 saturated heterocycles. The molecule has 0 aliphatic rings. The Morgan fingerprint density at radius 2 is 2.10 bits per heavy atom. The predicted molar refractivity (Wildman–Crippen MR) is 78.5 cm³/mol. The molecule has 0 fully saturated rings. The average Bonchev–Trinajstić information content (AvgIpc) is 2.86. The summed E-state index contributed by atoms with van der Waals surface area (Å²) in [6.07, 6.45) is 1.44. The normalized spacial score (nSPS) is 10.4. The summed E-state index contributed by atoms with van der Waals surface area (Å²) in [6.45, 7) is 3.23. The van der Waals surface area contributed by atoms with E-state index in [1.54, 1.807) is 11.9 Å². The van der Waals surface area contributed by atoms with Crippen LogP contribution in [0.15, 0.2) is 30.6 Å². The molecule has 1 heterocycles. The Morgan fingerprint density at radius 3 is 2.67 bits per heavy atom. The van der Waals surface area contributed by atoms with Gasteiger partial charge in [0.05, 0.1) is 6.61 Å². The first-order chi connectivity index (χ1) is 10.1. The molecular weight excluding hydrogens is 270 g/mol. The van der Waals surface area contributed by atoms with E-state index >= 15 is 0 Å². The lowest BCUT2D eigenvalue weighted by Crippen LogP contribution is -2.30. The van der Waals surface area contributed by atoms with E-state index < -0.39 is 0 Å². The predicted octanol–water partition coefficient (Wildman–Crippen LogP) is 0.918.